The van der Waals surface area contributed by atoms with Crippen molar-refractivity contribution >= 4 is 33.7 Å². The molecule has 0 saturated carbocycles. The summed E-state index contributed by atoms with van der Waals surface area (Å²) in [5, 5.41) is 1.04. The first-order valence-electron chi connectivity index (χ1n) is 8.17. The van der Waals surface area contributed by atoms with Crippen LogP contribution in [0.5, 0.6) is 0 Å². The number of sulfonamides is 1. The minimum absolute atomic E-state index is 0.127. The van der Waals surface area contributed by atoms with E-state index in [-0.39, 0.29) is 17.9 Å². The normalized spacial score (nSPS) is 16.9. The van der Waals surface area contributed by atoms with Crippen molar-refractivity contribution in [3.63, 3.8) is 0 Å². The van der Waals surface area contributed by atoms with Gasteiger partial charge < -0.3 is 9.47 Å². The largest absolute Gasteiger partial charge is 0.463 e. The molecule has 0 amide bonds. The van der Waals surface area contributed by atoms with Crippen LogP contribution in [0.4, 0.5) is 5.69 Å². The van der Waals surface area contributed by atoms with Gasteiger partial charge in [-0.15, -0.1) is 0 Å². The van der Waals surface area contributed by atoms with Crippen LogP contribution < -0.4 is 4.72 Å². The van der Waals surface area contributed by atoms with E-state index in [0.29, 0.717) is 6.42 Å². The zero-order valence-corrected chi connectivity index (χ0v) is 15.0. The summed E-state index contributed by atoms with van der Waals surface area (Å²) in [6.07, 6.45) is 0.847. The lowest BCUT2D eigenvalue weighted by Gasteiger charge is -2.10. The summed E-state index contributed by atoms with van der Waals surface area (Å²) in [7, 11) is -3.76. The van der Waals surface area contributed by atoms with Gasteiger partial charge in [0, 0.05) is 12.1 Å². The van der Waals surface area contributed by atoms with Crippen molar-refractivity contribution in [2.75, 3.05) is 11.3 Å². The van der Waals surface area contributed by atoms with Crippen LogP contribution in [-0.2, 0) is 24.3 Å². The molecule has 1 aliphatic heterocycles. The Hall–Kier alpha value is -3.13. The number of benzene rings is 2. The first-order valence-corrected chi connectivity index (χ1v) is 9.71. The molecule has 2 aromatic carbocycles. The highest BCUT2D eigenvalue weighted by atomic mass is 32.2. The standard InChI is InChI=1S/C19H17NO6S/c21-18(26-17-9-11-25-19(17)22)15-7-4-8-16(13-15)20-27(23,24)12-10-14-5-2-1-3-6-14/h1-8,10,12-13,17,20H,9,11H2/b12-10+/t17-/m1/s1. The molecule has 140 valence electrons. The highest BCUT2D eigenvalue weighted by Crippen LogP contribution is 2.17. The van der Waals surface area contributed by atoms with Gasteiger partial charge in [0.25, 0.3) is 10.0 Å². The number of carbonyl (C=O) groups excluding carboxylic acids is 2. The Balaban J connectivity index is 1.68. The Morgan fingerprint density at radius 1 is 1.15 bits per heavy atom. The van der Waals surface area contributed by atoms with E-state index < -0.39 is 28.1 Å². The minimum atomic E-state index is -3.76. The Morgan fingerprint density at radius 2 is 1.93 bits per heavy atom. The van der Waals surface area contributed by atoms with Crippen molar-refractivity contribution in [1.82, 2.24) is 0 Å². The molecule has 0 aromatic heterocycles. The van der Waals surface area contributed by atoms with Crippen molar-refractivity contribution in [3.05, 3.63) is 71.1 Å². The summed E-state index contributed by atoms with van der Waals surface area (Å²) in [6, 6.07) is 14.8. The highest BCUT2D eigenvalue weighted by molar-refractivity contribution is 7.95. The first-order chi connectivity index (χ1) is 12.9. The van der Waals surface area contributed by atoms with Gasteiger partial charge in [-0.2, -0.15) is 0 Å². The molecular weight excluding hydrogens is 370 g/mol. The van der Waals surface area contributed by atoms with Crippen LogP contribution in [0.15, 0.2) is 60.0 Å². The van der Waals surface area contributed by atoms with Crippen LogP contribution in [0, 0.1) is 0 Å². The maximum Gasteiger partial charge on any atom is 0.347 e. The second-order valence-electron chi connectivity index (χ2n) is 5.79. The van der Waals surface area contributed by atoms with E-state index in [1.807, 2.05) is 6.07 Å². The van der Waals surface area contributed by atoms with E-state index in [2.05, 4.69) is 4.72 Å². The number of rotatable bonds is 6. The molecule has 2 aromatic rings. The predicted molar refractivity (Wildman–Crippen MR) is 99.2 cm³/mol. The van der Waals surface area contributed by atoms with Crippen LogP contribution >= 0.6 is 0 Å². The molecule has 0 radical (unpaired) electrons. The van der Waals surface area contributed by atoms with E-state index in [0.717, 1.165) is 11.0 Å². The summed E-state index contributed by atoms with van der Waals surface area (Å²) >= 11 is 0. The van der Waals surface area contributed by atoms with E-state index in [1.165, 1.54) is 30.3 Å². The minimum Gasteiger partial charge on any atom is -0.463 e. The van der Waals surface area contributed by atoms with Crippen molar-refractivity contribution < 1.29 is 27.5 Å². The van der Waals surface area contributed by atoms with Gasteiger partial charge in [-0.25, -0.2) is 18.0 Å². The van der Waals surface area contributed by atoms with E-state index in [1.54, 1.807) is 24.3 Å². The van der Waals surface area contributed by atoms with Gasteiger partial charge in [-0.1, -0.05) is 36.4 Å². The molecule has 1 atom stereocenters. The van der Waals surface area contributed by atoms with Gasteiger partial charge in [0.2, 0.25) is 6.10 Å². The van der Waals surface area contributed by atoms with Crippen LogP contribution in [0.3, 0.4) is 0 Å². The van der Waals surface area contributed by atoms with E-state index >= 15 is 0 Å². The van der Waals surface area contributed by atoms with Crippen molar-refractivity contribution in [3.8, 4) is 0 Å². The first kappa shape index (κ1) is 18.7. The molecule has 0 spiro atoms. The summed E-state index contributed by atoms with van der Waals surface area (Å²) in [6.45, 7) is 0.213. The predicted octanol–water partition coefficient (Wildman–Crippen LogP) is 2.57. The number of hydrogen-bond donors (Lipinski definition) is 1. The molecule has 8 heteroatoms. The van der Waals surface area contributed by atoms with Gasteiger partial charge in [0.05, 0.1) is 17.6 Å². The number of carbonyl (C=O) groups is 2. The molecule has 0 unspecified atom stereocenters. The lowest BCUT2D eigenvalue weighted by Crippen LogP contribution is -2.22. The van der Waals surface area contributed by atoms with E-state index in [9.17, 15) is 18.0 Å². The van der Waals surface area contributed by atoms with Crippen LogP contribution in [0.2, 0.25) is 0 Å². The highest BCUT2D eigenvalue weighted by Gasteiger charge is 2.30. The zero-order chi connectivity index (χ0) is 19.3. The average molecular weight is 387 g/mol. The quantitative estimate of drug-likeness (QED) is 0.765. The third kappa shape index (κ3) is 5.18. The molecule has 1 saturated heterocycles. The maximum atomic E-state index is 12.2. The molecule has 3 rings (SSSR count). The molecule has 0 bridgehead atoms. The molecule has 1 N–H and O–H groups in total. The Bertz CT molecular complexity index is 969. The van der Waals surface area contributed by atoms with Crippen molar-refractivity contribution in [2.24, 2.45) is 0 Å². The molecule has 27 heavy (non-hydrogen) atoms. The van der Waals surface area contributed by atoms with Gasteiger partial charge in [-0.05, 0) is 29.8 Å². The monoisotopic (exact) mass is 387 g/mol. The number of hydrogen-bond acceptors (Lipinski definition) is 6. The number of anilines is 1. The third-order valence-electron chi connectivity index (χ3n) is 3.73. The number of ether oxygens (including phenoxy) is 2. The fourth-order valence-corrected chi connectivity index (χ4v) is 3.28. The van der Waals surface area contributed by atoms with Gasteiger partial charge in [0.1, 0.15) is 0 Å². The number of cyclic esters (lactones) is 1. The van der Waals surface area contributed by atoms with Crippen molar-refractivity contribution in [2.45, 2.75) is 12.5 Å². The molecule has 1 aliphatic rings. The second kappa shape index (κ2) is 8.05. The summed E-state index contributed by atoms with van der Waals surface area (Å²) in [4.78, 5) is 23.5. The summed E-state index contributed by atoms with van der Waals surface area (Å²) in [5.74, 6) is -1.30. The SMILES string of the molecule is O=C(O[C@@H]1CCOC1=O)c1cccc(NS(=O)(=O)/C=C/c2ccccc2)c1. The summed E-state index contributed by atoms with van der Waals surface area (Å²) < 4.78 is 36.6. The smallest absolute Gasteiger partial charge is 0.347 e. The molecule has 0 aliphatic carbocycles. The maximum absolute atomic E-state index is 12.2. The van der Waals surface area contributed by atoms with Gasteiger partial charge in [-0.3, -0.25) is 4.72 Å². The third-order valence-corrected chi connectivity index (χ3v) is 4.75. The number of esters is 2. The van der Waals surface area contributed by atoms with Gasteiger partial charge >= 0.3 is 11.9 Å². The topological polar surface area (TPSA) is 98.8 Å². The Labute approximate surface area is 156 Å². The molecule has 1 fully saturated rings. The Morgan fingerprint density at radius 3 is 2.63 bits per heavy atom. The molecule has 1 heterocycles. The molecule has 7 nitrogen and oxygen atoms in total. The van der Waals surface area contributed by atoms with Crippen LogP contribution in [0.1, 0.15) is 22.3 Å². The van der Waals surface area contributed by atoms with Crippen LogP contribution in [-0.4, -0.2) is 33.1 Å². The summed E-state index contributed by atoms with van der Waals surface area (Å²) in [5.41, 5.74) is 1.07. The van der Waals surface area contributed by atoms with Crippen LogP contribution in [0.25, 0.3) is 6.08 Å². The fraction of sp³-hybridized carbons (Fsp3) is 0.158. The van der Waals surface area contributed by atoms with Crippen molar-refractivity contribution in [1.29, 1.82) is 0 Å². The van der Waals surface area contributed by atoms with Gasteiger partial charge in [0.15, 0.2) is 0 Å². The average Bonchev–Trinajstić information content (AvgIpc) is 3.05. The molecular formula is C19H17NO6S. The Kier molecular flexibility index (Phi) is 5.56. The fourth-order valence-electron chi connectivity index (χ4n) is 2.42. The van der Waals surface area contributed by atoms with E-state index in [4.69, 9.17) is 9.47 Å². The lowest BCUT2D eigenvalue weighted by atomic mass is 10.2. The zero-order valence-electron chi connectivity index (χ0n) is 14.2. The lowest BCUT2D eigenvalue weighted by molar-refractivity contribution is -0.145. The number of nitrogens with one attached hydrogen (secondary N) is 1. The second-order valence-corrected chi connectivity index (χ2v) is 7.36.